The van der Waals surface area contributed by atoms with Gasteiger partial charge in [-0.05, 0) is 31.5 Å². The van der Waals surface area contributed by atoms with E-state index in [9.17, 15) is 18.4 Å². The molecule has 0 saturated heterocycles. The largest absolute Gasteiger partial charge is 0.492 e. The summed E-state index contributed by atoms with van der Waals surface area (Å²) in [5, 5.41) is 14.3. The first-order valence-electron chi connectivity index (χ1n) is 8.47. The Morgan fingerprint density at radius 3 is 2.65 bits per heavy atom. The van der Waals surface area contributed by atoms with Crippen molar-refractivity contribution in [2.75, 3.05) is 26.2 Å². The Kier molecular flexibility index (Phi) is 7.14. The number of rotatable bonds is 9. The smallest absolute Gasteiger partial charge is 0.317 e. The summed E-state index contributed by atoms with van der Waals surface area (Å²) in [5.41, 5.74) is 0. The van der Waals surface area contributed by atoms with Gasteiger partial charge in [0.15, 0.2) is 11.6 Å². The van der Waals surface area contributed by atoms with Crippen molar-refractivity contribution in [3.63, 3.8) is 0 Å². The van der Waals surface area contributed by atoms with Crippen LogP contribution in [-0.4, -0.2) is 60.3 Å². The van der Waals surface area contributed by atoms with Crippen LogP contribution < -0.4 is 15.4 Å². The predicted molar refractivity (Wildman–Crippen MR) is 90.1 cm³/mol. The fourth-order valence-electron chi connectivity index (χ4n) is 2.81. The molecule has 1 aromatic carbocycles. The van der Waals surface area contributed by atoms with Gasteiger partial charge in [-0.3, -0.25) is 9.69 Å². The zero-order valence-corrected chi connectivity index (χ0v) is 14.5. The van der Waals surface area contributed by atoms with Crippen LogP contribution in [0, 0.1) is 11.6 Å². The standard InChI is InChI=1S/C17H23F2N3O4/c1-2-22(10-16(23)24)12-7-11(8-12)21-17(25)20-5-6-26-13-3-4-14(18)15(19)9-13/h3-4,9,11-12H,2,5-8,10H2,1H3,(H,23,24)(H2,20,21,25). The van der Waals surface area contributed by atoms with E-state index in [-0.39, 0.29) is 43.6 Å². The topological polar surface area (TPSA) is 90.9 Å². The van der Waals surface area contributed by atoms with Gasteiger partial charge in [0.1, 0.15) is 12.4 Å². The van der Waals surface area contributed by atoms with Gasteiger partial charge in [-0.2, -0.15) is 0 Å². The van der Waals surface area contributed by atoms with Crippen LogP contribution in [0.1, 0.15) is 19.8 Å². The summed E-state index contributed by atoms with van der Waals surface area (Å²) in [4.78, 5) is 24.4. The predicted octanol–water partition coefficient (Wildman–Crippen LogP) is 1.58. The first-order chi connectivity index (χ1) is 12.4. The molecule has 0 atom stereocenters. The molecule has 1 saturated carbocycles. The summed E-state index contributed by atoms with van der Waals surface area (Å²) in [6.45, 7) is 2.89. The Hall–Kier alpha value is -2.42. The third-order valence-corrected chi connectivity index (χ3v) is 4.26. The minimum absolute atomic E-state index is 0.00139. The van der Waals surface area contributed by atoms with Gasteiger partial charge in [0.2, 0.25) is 0 Å². The number of ether oxygens (including phenoxy) is 1. The first-order valence-corrected chi connectivity index (χ1v) is 8.47. The van der Waals surface area contributed by atoms with Crippen LogP contribution in [0.2, 0.25) is 0 Å². The number of hydrogen-bond acceptors (Lipinski definition) is 4. The van der Waals surface area contributed by atoms with Gasteiger partial charge in [-0.1, -0.05) is 6.92 Å². The van der Waals surface area contributed by atoms with Crippen LogP contribution in [0.25, 0.3) is 0 Å². The van der Waals surface area contributed by atoms with Crippen LogP contribution in [0.3, 0.4) is 0 Å². The van der Waals surface area contributed by atoms with E-state index in [1.807, 2.05) is 11.8 Å². The van der Waals surface area contributed by atoms with Gasteiger partial charge < -0.3 is 20.5 Å². The lowest BCUT2D eigenvalue weighted by molar-refractivity contribution is -0.139. The van der Waals surface area contributed by atoms with Gasteiger partial charge in [-0.15, -0.1) is 0 Å². The molecular formula is C17H23F2N3O4. The Bertz CT molecular complexity index is 638. The number of likely N-dealkylation sites (N-methyl/N-ethyl adjacent to an activating group) is 1. The second kappa shape index (κ2) is 9.33. The highest BCUT2D eigenvalue weighted by molar-refractivity contribution is 5.74. The maximum atomic E-state index is 13.0. The molecule has 0 aliphatic heterocycles. The molecule has 0 bridgehead atoms. The second-order valence-electron chi connectivity index (χ2n) is 6.10. The molecule has 1 fully saturated rings. The highest BCUT2D eigenvalue weighted by Gasteiger charge is 2.34. The van der Waals surface area contributed by atoms with E-state index in [2.05, 4.69) is 10.6 Å². The van der Waals surface area contributed by atoms with Crippen molar-refractivity contribution in [3.05, 3.63) is 29.8 Å². The average Bonchev–Trinajstić information content (AvgIpc) is 2.55. The second-order valence-corrected chi connectivity index (χ2v) is 6.10. The Morgan fingerprint density at radius 2 is 2.04 bits per heavy atom. The fraction of sp³-hybridized carbons (Fsp3) is 0.529. The van der Waals surface area contributed by atoms with Gasteiger partial charge >= 0.3 is 12.0 Å². The van der Waals surface area contributed by atoms with Gasteiger partial charge in [0.25, 0.3) is 0 Å². The van der Waals surface area contributed by atoms with E-state index >= 15 is 0 Å². The van der Waals surface area contributed by atoms with Gasteiger partial charge in [-0.25, -0.2) is 13.6 Å². The number of carbonyl (C=O) groups excluding carboxylic acids is 1. The quantitative estimate of drug-likeness (QED) is 0.574. The molecule has 0 spiro atoms. The number of carboxylic acids is 1. The molecule has 3 N–H and O–H groups in total. The summed E-state index contributed by atoms with van der Waals surface area (Å²) >= 11 is 0. The molecule has 2 rings (SSSR count). The zero-order valence-electron chi connectivity index (χ0n) is 14.5. The molecule has 2 amide bonds. The maximum Gasteiger partial charge on any atom is 0.317 e. The van der Waals surface area contributed by atoms with Crippen LogP contribution in [0.4, 0.5) is 13.6 Å². The van der Waals surface area contributed by atoms with Crippen LogP contribution in [-0.2, 0) is 4.79 Å². The van der Waals surface area contributed by atoms with E-state index < -0.39 is 17.6 Å². The van der Waals surface area contributed by atoms with Crippen molar-refractivity contribution in [3.8, 4) is 5.75 Å². The van der Waals surface area contributed by atoms with Gasteiger partial charge in [0, 0.05) is 18.2 Å². The number of nitrogens with one attached hydrogen (secondary N) is 2. The van der Waals surface area contributed by atoms with E-state index in [1.165, 1.54) is 6.07 Å². The number of amides is 2. The summed E-state index contributed by atoms with van der Waals surface area (Å²) in [6, 6.07) is 3.06. The van der Waals surface area contributed by atoms with E-state index in [4.69, 9.17) is 9.84 Å². The third-order valence-electron chi connectivity index (χ3n) is 4.26. The molecule has 0 unspecified atom stereocenters. The van der Waals surface area contributed by atoms with Crippen molar-refractivity contribution in [2.45, 2.75) is 31.8 Å². The summed E-state index contributed by atoms with van der Waals surface area (Å²) in [6.07, 6.45) is 1.42. The number of benzene rings is 1. The zero-order chi connectivity index (χ0) is 19.1. The Morgan fingerprint density at radius 1 is 1.31 bits per heavy atom. The monoisotopic (exact) mass is 371 g/mol. The summed E-state index contributed by atoms with van der Waals surface area (Å²) < 4.78 is 31.0. The minimum Gasteiger partial charge on any atom is -0.492 e. The van der Waals surface area contributed by atoms with Crippen molar-refractivity contribution in [1.29, 1.82) is 0 Å². The highest BCUT2D eigenvalue weighted by atomic mass is 19.2. The van der Waals surface area contributed by atoms with Crippen molar-refractivity contribution < 1.29 is 28.2 Å². The summed E-state index contributed by atoms with van der Waals surface area (Å²) in [5.74, 6) is -2.61. The van der Waals surface area contributed by atoms with Crippen molar-refractivity contribution >= 4 is 12.0 Å². The number of aliphatic carboxylic acids is 1. The molecule has 7 nitrogen and oxygen atoms in total. The highest BCUT2D eigenvalue weighted by Crippen LogP contribution is 2.25. The number of carbonyl (C=O) groups is 2. The molecule has 1 aliphatic rings. The molecule has 0 heterocycles. The number of urea groups is 1. The lowest BCUT2D eigenvalue weighted by atomic mass is 9.85. The normalized spacial score (nSPS) is 18.9. The van der Waals surface area contributed by atoms with Crippen molar-refractivity contribution in [2.24, 2.45) is 0 Å². The van der Waals surface area contributed by atoms with Crippen LogP contribution >= 0.6 is 0 Å². The number of nitrogens with zero attached hydrogens (tertiary/aromatic N) is 1. The first kappa shape index (κ1) is 19.9. The SMILES string of the molecule is CCN(CC(=O)O)C1CC(NC(=O)NCCOc2ccc(F)c(F)c2)C1. The molecule has 144 valence electrons. The summed E-state index contributed by atoms with van der Waals surface area (Å²) in [7, 11) is 0. The lowest BCUT2D eigenvalue weighted by Crippen LogP contribution is -2.56. The average molecular weight is 371 g/mol. The molecule has 26 heavy (non-hydrogen) atoms. The van der Waals surface area contributed by atoms with E-state index in [1.54, 1.807) is 0 Å². The van der Waals surface area contributed by atoms with Gasteiger partial charge in [0.05, 0.1) is 13.1 Å². The molecule has 1 aliphatic carbocycles. The molecule has 0 radical (unpaired) electrons. The lowest BCUT2D eigenvalue weighted by Gasteiger charge is -2.42. The Balaban J connectivity index is 1.60. The van der Waals surface area contributed by atoms with Crippen LogP contribution in [0.5, 0.6) is 5.75 Å². The Labute approximate surface area is 150 Å². The fourth-order valence-corrected chi connectivity index (χ4v) is 2.81. The van der Waals surface area contributed by atoms with E-state index in [0.29, 0.717) is 19.4 Å². The number of hydrogen-bond donors (Lipinski definition) is 3. The minimum atomic E-state index is -0.989. The molecule has 9 heteroatoms. The number of carboxylic acid groups (broad SMARTS) is 1. The number of halogens is 2. The van der Waals surface area contributed by atoms with Crippen LogP contribution in [0.15, 0.2) is 18.2 Å². The molecule has 1 aromatic rings. The third kappa shape index (κ3) is 5.83. The molecule has 0 aromatic heterocycles. The van der Waals surface area contributed by atoms with E-state index in [0.717, 1.165) is 12.1 Å². The maximum absolute atomic E-state index is 13.0. The van der Waals surface area contributed by atoms with Crippen molar-refractivity contribution in [1.82, 2.24) is 15.5 Å². The molecular weight excluding hydrogens is 348 g/mol.